The monoisotopic (exact) mass is 335 g/mol. The molecule has 0 aromatic heterocycles. The van der Waals surface area contributed by atoms with Crippen LogP contribution in [0, 0.1) is 0 Å². The van der Waals surface area contributed by atoms with Crippen LogP contribution in [-0.2, 0) is 19.3 Å². The number of benzene rings is 2. The van der Waals surface area contributed by atoms with Crippen LogP contribution in [0.15, 0.2) is 48.5 Å². The van der Waals surface area contributed by atoms with Gasteiger partial charge in [-0.15, -0.1) is 0 Å². The van der Waals surface area contributed by atoms with Gasteiger partial charge in [-0.05, 0) is 60.8 Å². The van der Waals surface area contributed by atoms with E-state index in [1.807, 2.05) is 6.07 Å². The first-order valence-corrected chi connectivity index (χ1v) is 9.87. The maximum atomic E-state index is 10.6. The minimum atomic E-state index is -0.364. The van der Waals surface area contributed by atoms with Crippen LogP contribution in [0.1, 0.15) is 54.0 Å². The van der Waals surface area contributed by atoms with Crippen molar-refractivity contribution in [2.24, 2.45) is 0 Å². The van der Waals surface area contributed by atoms with Crippen molar-refractivity contribution in [3.63, 3.8) is 0 Å². The molecule has 1 fully saturated rings. The Morgan fingerprint density at radius 2 is 1.72 bits per heavy atom. The number of hydrogen-bond donors (Lipinski definition) is 1. The summed E-state index contributed by atoms with van der Waals surface area (Å²) >= 11 is 0. The Balaban J connectivity index is 1.40. The number of aliphatic hydroxyl groups is 1. The van der Waals surface area contributed by atoms with E-state index in [9.17, 15) is 5.11 Å². The minimum Gasteiger partial charge on any atom is -0.388 e. The fourth-order valence-corrected chi connectivity index (χ4v) is 4.20. The molecule has 25 heavy (non-hydrogen) atoms. The summed E-state index contributed by atoms with van der Waals surface area (Å²) in [6.07, 6.45) is 7.82. The highest BCUT2D eigenvalue weighted by molar-refractivity contribution is 5.34. The predicted octanol–water partition coefficient (Wildman–Crippen LogP) is 4.31. The Bertz CT molecular complexity index is 692. The van der Waals surface area contributed by atoms with E-state index in [-0.39, 0.29) is 6.10 Å². The molecule has 0 radical (unpaired) electrons. The van der Waals surface area contributed by atoms with Crippen LogP contribution in [0.25, 0.3) is 0 Å². The van der Waals surface area contributed by atoms with E-state index in [1.165, 1.54) is 49.0 Å². The standard InChI is InChI=1S/C23H29NO/c25-23(12-9-18-5-2-1-3-6-18)21-11-10-19-13-15-24(22-7-4-8-22)16-14-20(19)17-21/h1-3,5-6,10-11,17,22-23,25H,4,7-9,12-16H2. The Hall–Kier alpha value is -1.64. The molecule has 2 aromatic rings. The number of rotatable bonds is 5. The topological polar surface area (TPSA) is 23.5 Å². The maximum absolute atomic E-state index is 10.6. The molecule has 2 aliphatic rings. The third-order valence-electron chi connectivity index (χ3n) is 6.09. The van der Waals surface area contributed by atoms with Gasteiger partial charge in [0.05, 0.1) is 6.10 Å². The zero-order valence-electron chi connectivity index (χ0n) is 15.0. The van der Waals surface area contributed by atoms with Gasteiger partial charge in [-0.2, -0.15) is 0 Å². The van der Waals surface area contributed by atoms with E-state index in [0.29, 0.717) is 0 Å². The molecule has 1 N–H and O–H groups in total. The molecular weight excluding hydrogens is 306 g/mol. The van der Waals surface area contributed by atoms with Gasteiger partial charge in [0.15, 0.2) is 0 Å². The normalized spacial score (nSPS) is 19.7. The van der Waals surface area contributed by atoms with E-state index in [1.54, 1.807) is 0 Å². The SMILES string of the molecule is OC(CCc1ccccc1)c1ccc2c(c1)CCN(C1CCC1)CC2. The van der Waals surface area contributed by atoms with Gasteiger partial charge in [0.2, 0.25) is 0 Å². The molecule has 1 heterocycles. The number of nitrogens with zero attached hydrogens (tertiary/aromatic N) is 1. The first-order valence-electron chi connectivity index (χ1n) is 9.87. The number of aliphatic hydroxyl groups excluding tert-OH is 1. The lowest BCUT2D eigenvalue weighted by Gasteiger charge is -2.36. The van der Waals surface area contributed by atoms with Gasteiger partial charge in [0.1, 0.15) is 0 Å². The molecule has 1 saturated carbocycles. The van der Waals surface area contributed by atoms with E-state index < -0.39 is 0 Å². The van der Waals surface area contributed by atoms with Crippen LogP contribution >= 0.6 is 0 Å². The van der Waals surface area contributed by atoms with Crippen LogP contribution in [0.3, 0.4) is 0 Å². The van der Waals surface area contributed by atoms with E-state index >= 15 is 0 Å². The summed E-state index contributed by atoms with van der Waals surface area (Å²) in [7, 11) is 0. The van der Waals surface area contributed by atoms with E-state index in [0.717, 1.165) is 37.3 Å². The highest BCUT2D eigenvalue weighted by Crippen LogP contribution is 2.29. The second kappa shape index (κ2) is 7.72. The molecule has 0 bridgehead atoms. The van der Waals surface area contributed by atoms with Crippen LogP contribution < -0.4 is 0 Å². The summed E-state index contributed by atoms with van der Waals surface area (Å²) in [5, 5.41) is 10.6. The van der Waals surface area contributed by atoms with Gasteiger partial charge in [-0.25, -0.2) is 0 Å². The number of fused-ring (bicyclic) bond motifs is 1. The Kier molecular flexibility index (Phi) is 5.19. The van der Waals surface area contributed by atoms with Crippen LogP contribution in [0.2, 0.25) is 0 Å². The van der Waals surface area contributed by atoms with E-state index in [4.69, 9.17) is 0 Å². The van der Waals surface area contributed by atoms with Crippen molar-refractivity contribution in [2.45, 2.75) is 57.1 Å². The fraction of sp³-hybridized carbons (Fsp3) is 0.478. The van der Waals surface area contributed by atoms with Gasteiger partial charge in [0, 0.05) is 19.1 Å². The summed E-state index contributed by atoms with van der Waals surface area (Å²) in [6, 6.07) is 18.0. The highest BCUT2D eigenvalue weighted by Gasteiger charge is 2.26. The molecule has 1 aliphatic carbocycles. The molecule has 2 aromatic carbocycles. The third-order valence-corrected chi connectivity index (χ3v) is 6.09. The molecule has 1 aliphatic heterocycles. The predicted molar refractivity (Wildman–Crippen MR) is 103 cm³/mol. The molecule has 2 nitrogen and oxygen atoms in total. The highest BCUT2D eigenvalue weighted by atomic mass is 16.3. The van der Waals surface area contributed by atoms with E-state index in [2.05, 4.69) is 47.4 Å². The van der Waals surface area contributed by atoms with Crippen molar-refractivity contribution in [1.29, 1.82) is 0 Å². The summed E-state index contributed by atoms with van der Waals surface area (Å²) in [5.74, 6) is 0. The zero-order chi connectivity index (χ0) is 17.1. The molecule has 0 saturated heterocycles. The summed E-state index contributed by atoms with van der Waals surface area (Å²) in [5.41, 5.74) is 5.33. The van der Waals surface area contributed by atoms with Crippen molar-refractivity contribution < 1.29 is 5.11 Å². The summed E-state index contributed by atoms with van der Waals surface area (Å²) in [6.45, 7) is 2.38. The number of aryl methyl sites for hydroxylation is 1. The van der Waals surface area contributed by atoms with Gasteiger partial charge in [0.25, 0.3) is 0 Å². The quantitative estimate of drug-likeness (QED) is 0.880. The van der Waals surface area contributed by atoms with Crippen molar-refractivity contribution in [3.05, 3.63) is 70.8 Å². The van der Waals surface area contributed by atoms with Crippen molar-refractivity contribution in [3.8, 4) is 0 Å². The molecule has 4 rings (SSSR count). The van der Waals surface area contributed by atoms with Crippen LogP contribution in [-0.4, -0.2) is 29.1 Å². The maximum Gasteiger partial charge on any atom is 0.0793 e. The molecule has 2 heteroatoms. The Morgan fingerprint density at radius 1 is 0.960 bits per heavy atom. The summed E-state index contributed by atoms with van der Waals surface area (Å²) < 4.78 is 0. The lowest BCUT2D eigenvalue weighted by molar-refractivity contribution is 0.133. The van der Waals surface area contributed by atoms with Gasteiger partial charge in [-0.1, -0.05) is 55.0 Å². The largest absolute Gasteiger partial charge is 0.388 e. The van der Waals surface area contributed by atoms with Crippen LogP contribution in [0.4, 0.5) is 0 Å². The van der Waals surface area contributed by atoms with Crippen molar-refractivity contribution in [2.75, 3.05) is 13.1 Å². The third kappa shape index (κ3) is 3.96. The van der Waals surface area contributed by atoms with Crippen molar-refractivity contribution >= 4 is 0 Å². The van der Waals surface area contributed by atoms with Crippen molar-refractivity contribution in [1.82, 2.24) is 4.90 Å². The second-order valence-electron chi connectivity index (χ2n) is 7.69. The number of hydrogen-bond acceptors (Lipinski definition) is 2. The molecule has 1 unspecified atom stereocenters. The average Bonchev–Trinajstić information content (AvgIpc) is 2.81. The molecular formula is C23H29NO. The minimum absolute atomic E-state index is 0.364. The summed E-state index contributed by atoms with van der Waals surface area (Å²) in [4.78, 5) is 2.69. The second-order valence-corrected chi connectivity index (χ2v) is 7.69. The van der Waals surface area contributed by atoms with Gasteiger partial charge in [-0.3, -0.25) is 4.90 Å². The Labute approximate surface area is 151 Å². The smallest absolute Gasteiger partial charge is 0.0793 e. The molecule has 0 amide bonds. The zero-order valence-corrected chi connectivity index (χ0v) is 15.0. The lowest BCUT2D eigenvalue weighted by atomic mass is 9.91. The molecule has 132 valence electrons. The Morgan fingerprint density at radius 3 is 2.44 bits per heavy atom. The molecule has 1 atom stereocenters. The lowest BCUT2D eigenvalue weighted by Crippen LogP contribution is -2.41. The van der Waals surface area contributed by atoms with Gasteiger partial charge >= 0.3 is 0 Å². The van der Waals surface area contributed by atoms with Crippen LogP contribution in [0.5, 0.6) is 0 Å². The first-order chi connectivity index (χ1) is 12.3. The fourth-order valence-electron chi connectivity index (χ4n) is 4.20. The van der Waals surface area contributed by atoms with Gasteiger partial charge < -0.3 is 5.11 Å². The first kappa shape index (κ1) is 16.8. The molecule has 0 spiro atoms. The average molecular weight is 335 g/mol.